The van der Waals surface area contributed by atoms with Gasteiger partial charge in [0.2, 0.25) is 0 Å². The fourth-order valence-corrected chi connectivity index (χ4v) is 2.64. The highest BCUT2D eigenvalue weighted by Crippen LogP contribution is 2.40. The van der Waals surface area contributed by atoms with Gasteiger partial charge in [0.15, 0.2) is 0 Å². The highest BCUT2D eigenvalue weighted by Gasteiger charge is 2.60. The first-order valence-electron chi connectivity index (χ1n) is 6.88. The highest BCUT2D eigenvalue weighted by atomic mass is 16.6. The van der Waals surface area contributed by atoms with Gasteiger partial charge >= 0.3 is 11.5 Å². The highest BCUT2D eigenvalue weighted by molar-refractivity contribution is 5.83. The van der Waals surface area contributed by atoms with Crippen LogP contribution in [0.1, 0.15) is 17.0 Å². The molecule has 0 amide bonds. The van der Waals surface area contributed by atoms with Gasteiger partial charge in [-0.25, -0.2) is 4.79 Å². The third-order valence-electron chi connectivity index (χ3n) is 3.72. The van der Waals surface area contributed by atoms with Crippen molar-refractivity contribution in [1.82, 2.24) is 0 Å². The molecule has 2 atom stereocenters. The van der Waals surface area contributed by atoms with Gasteiger partial charge in [0.05, 0.1) is 7.11 Å². The third kappa shape index (κ3) is 2.67. The van der Waals surface area contributed by atoms with E-state index in [2.05, 4.69) is 5.92 Å². The van der Waals surface area contributed by atoms with E-state index in [0.29, 0.717) is 5.56 Å². The summed E-state index contributed by atoms with van der Waals surface area (Å²) in [4.78, 5) is 23.8. The van der Waals surface area contributed by atoms with Crippen molar-refractivity contribution in [2.24, 2.45) is 0 Å². The minimum Gasteiger partial charge on any atom is -0.463 e. The van der Waals surface area contributed by atoms with Crippen LogP contribution in [0.4, 0.5) is 0 Å². The summed E-state index contributed by atoms with van der Waals surface area (Å²) in [5, 5.41) is 12.0. The molecule has 116 valence electrons. The summed E-state index contributed by atoms with van der Waals surface area (Å²) < 4.78 is 4.76. The topological polar surface area (TPSA) is 69.4 Å². The van der Waals surface area contributed by atoms with E-state index in [1.165, 1.54) is 12.1 Å². The minimum atomic E-state index is -2.20. The number of hydrogen-bond donors (Lipinski definition) is 0. The molecule has 5 nitrogen and oxygen atoms in total. The maximum absolute atomic E-state index is 12.5. The Morgan fingerprint density at radius 2 is 1.70 bits per heavy atom. The van der Waals surface area contributed by atoms with Crippen molar-refractivity contribution in [3.63, 3.8) is 0 Å². The normalized spacial score (nSPS) is 14.1. The molecule has 5 heteroatoms. The molecule has 0 heterocycles. The maximum atomic E-state index is 12.5. The molecule has 2 aromatic rings. The van der Waals surface area contributed by atoms with Gasteiger partial charge in [-0.05, 0) is 5.56 Å². The molecular formula is C18H15NO4. The number of methoxy groups -OCH3 is 1. The number of ether oxygens (including phenoxy) is 1. The van der Waals surface area contributed by atoms with Crippen molar-refractivity contribution >= 4 is 5.97 Å². The first-order valence-corrected chi connectivity index (χ1v) is 6.88. The molecule has 0 bridgehead atoms. The summed E-state index contributed by atoms with van der Waals surface area (Å²) in [5.41, 5.74) is -1.52. The average Bonchev–Trinajstić information content (AvgIpc) is 2.60. The van der Waals surface area contributed by atoms with Crippen LogP contribution in [0.3, 0.4) is 0 Å². The van der Waals surface area contributed by atoms with E-state index in [1.807, 2.05) is 0 Å². The van der Waals surface area contributed by atoms with Crippen molar-refractivity contribution < 1.29 is 14.5 Å². The second-order valence-electron chi connectivity index (χ2n) is 4.89. The molecule has 0 saturated carbocycles. The van der Waals surface area contributed by atoms with E-state index in [4.69, 9.17) is 11.2 Å². The summed E-state index contributed by atoms with van der Waals surface area (Å²) >= 11 is 0. The molecule has 0 aromatic heterocycles. The molecule has 2 rings (SSSR count). The Balaban J connectivity index is 2.78. The monoisotopic (exact) mass is 309 g/mol. The number of carbonyl (C=O) groups is 1. The second kappa shape index (κ2) is 6.75. The van der Waals surface area contributed by atoms with Gasteiger partial charge in [0, 0.05) is 10.5 Å². The average molecular weight is 309 g/mol. The smallest absolute Gasteiger partial charge is 0.391 e. The van der Waals surface area contributed by atoms with Gasteiger partial charge in [-0.2, -0.15) is 0 Å². The van der Waals surface area contributed by atoms with Gasteiger partial charge in [-0.3, -0.25) is 10.1 Å². The van der Waals surface area contributed by atoms with Crippen LogP contribution in [-0.2, 0) is 15.1 Å². The van der Waals surface area contributed by atoms with Crippen molar-refractivity contribution in [1.29, 1.82) is 0 Å². The number of terminal acetylenes is 1. The van der Waals surface area contributed by atoms with Crippen LogP contribution in [0.5, 0.6) is 0 Å². The molecule has 0 aliphatic heterocycles. The van der Waals surface area contributed by atoms with E-state index in [-0.39, 0.29) is 5.56 Å². The summed E-state index contributed by atoms with van der Waals surface area (Å²) in [5.74, 6) is 0.309. The minimum absolute atomic E-state index is 0.184. The SMILES string of the molecule is C#CC(c1ccccc1)[C@@](C(=O)OC)(c1ccccc1)[N+](=O)[O-]. The maximum Gasteiger partial charge on any atom is 0.391 e. The number of esters is 1. The second-order valence-corrected chi connectivity index (χ2v) is 4.89. The van der Waals surface area contributed by atoms with Gasteiger partial charge in [0.25, 0.3) is 0 Å². The fourth-order valence-electron chi connectivity index (χ4n) is 2.64. The molecule has 0 fully saturated rings. The number of hydrogen-bond acceptors (Lipinski definition) is 4. The lowest BCUT2D eigenvalue weighted by Gasteiger charge is -2.28. The molecule has 0 spiro atoms. The quantitative estimate of drug-likeness (QED) is 0.368. The standard InChI is InChI=1S/C18H15NO4/c1-3-16(14-10-6-4-7-11-14)18(19(21)22,17(20)23-2)15-12-8-5-9-13-15/h1,4-13,16H,2H3/t16?,18-/m1/s1. The largest absolute Gasteiger partial charge is 0.463 e. The molecule has 0 aliphatic rings. The first kappa shape index (κ1) is 16.2. The fraction of sp³-hybridized carbons (Fsp3) is 0.167. The van der Waals surface area contributed by atoms with E-state index in [1.54, 1.807) is 48.5 Å². The number of carbonyl (C=O) groups excluding carboxylic acids is 1. The zero-order valence-electron chi connectivity index (χ0n) is 12.5. The predicted molar refractivity (Wildman–Crippen MR) is 85.1 cm³/mol. The van der Waals surface area contributed by atoms with Crippen LogP contribution in [0, 0.1) is 22.5 Å². The lowest BCUT2D eigenvalue weighted by atomic mass is 9.75. The van der Waals surface area contributed by atoms with Crippen molar-refractivity contribution in [3.05, 3.63) is 81.9 Å². The Morgan fingerprint density at radius 1 is 1.17 bits per heavy atom. The van der Waals surface area contributed by atoms with E-state index in [0.717, 1.165) is 7.11 Å². The number of rotatable bonds is 5. The molecule has 1 unspecified atom stereocenters. The van der Waals surface area contributed by atoms with Gasteiger partial charge in [-0.1, -0.05) is 66.6 Å². The third-order valence-corrected chi connectivity index (χ3v) is 3.72. The Morgan fingerprint density at radius 3 is 2.13 bits per heavy atom. The number of nitro groups is 1. The van der Waals surface area contributed by atoms with Crippen molar-refractivity contribution in [2.45, 2.75) is 11.5 Å². The van der Waals surface area contributed by atoms with Crippen LogP contribution in [0.2, 0.25) is 0 Å². The molecule has 0 saturated heterocycles. The van der Waals surface area contributed by atoms with Gasteiger partial charge < -0.3 is 4.74 Å². The van der Waals surface area contributed by atoms with E-state index >= 15 is 0 Å². The molecule has 23 heavy (non-hydrogen) atoms. The van der Waals surface area contributed by atoms with Crippen LogP contribution < -0.4 is 0 Å². The summed E-state index contributed by atoms with van der Waals surface area (Å²) in [6, 6.07) is 16.5. The van der Waals surface area contributed by atoms with Gasteiger partial charge in [0.1, 0.15) is 5.92 Å². The molecule has 0 N–H and O–H groups in total. The molecule has 0 radical (unpaired) electrons. The first-order chi connectivity index (χ1) is 11.1. The van der Waals surface area contributed by atoms with Crippen LogP contribution in [0.15, 0.2) is 60.7 Å². The Kier molecular flexibility index (Phi) is 4.77. The van der Waals surface area contributed by atoms with Crippen LogP contribution in [0.25, 0.3) is 0 Å². The predicted octanol–water partition coefficient (Wildman–Crippen LogP) is 2.75. The summed E-state index contributed by atoms with van der Waals surface area (Å²) in [7, 11) is 1.11. The zero-order chi connectivity index (χ0) is 16.9. The lowest BCUT2D eigenvalue weighted by molar-refractivity contribution is -0.566. The molecular weight excluding hydrogens is 294 g/mol. The summed E-state index contributed by atoms with van der Waals surface area (Å²) in [6.07, 6.45) is 5.60. The Bertz CT molecular complexity index is 737. The summed E-state index contributed by atoms with van der Waals surface area (Å²) in [6.45, 7) is 0. The number of benzene rings is 2. The molecule has 0 aliphatic carbocycles. The van der Waals surface area contributed by atoms with Crippen molar-refractivity contribution in [3.8, 4) is 12.3 Å². The lowest BCUT2D eigenvalue weighted by Crippen LogP contribution is -2.49. The zero-order valence-corrected chi connectivity index (χ0v) is 12.5. The van der Waals surface area contributed by atoms with Crippen molar-refractivity contribution in [2.75, 3.05) is 7.11 Å². The van der Waals surface area contributed by atoms with E-state index in [9.17, 15) is 14.9 Å². The van der Waals surface area contributed by atoms with Gasteiger partial charge in [-0.15, -0.1) is 6.42 Å². The molecule has 2 aromatic carbocycles. The Labute approximate surface area is 134 Å². The van der Waals surface area contributed by atoms with E-state index < -0.39 is 22.3 Å². The Hall–Kier alpha value is -3.13. The van der Waals surface area contributed by atoms with Crippen LogP contribution >= 0.6 is 0 Å². The number of nitrogens with zero attached hydrogens (tertiary/aromatic N) is 1. The van der Waals surface area contributed by atoms with Crippen LogP contribution in [-0.4, -0.2) is 18.0 Å².